The average Bonchev–Trinajstić information content (AvgIpc) is 3.26. The van der Waals surface area contributed by atoms with E-state index in [4.69, 9.17) is 4.74 Å². The maximum Gasteiger partial charge on any atom is 0.332 e. The van der Waals surface area contributed by atoms with E-state index < -0.39 is 23.0 Å². The van der Waals surface area contributed by atoms with Crippen LogP contribution in [0.15, 0.2) is 69.6 Å². The maximum absolute atomic E-state index is 13.9. The van der Waals surface area contributed by atoms with E-state index in [9.17, 15) is 18.8 Å². The molecule has 7 nitrogen and oxygen atoms in total. The van der Waals surface area contributed by atoms with Crippen molar-refractivity contribution in [2.24, 2.45) is 0 Å². The second kappa shape index (κ2) is 9.19. The lowest BCUT2D eigenvalue weighted by atomic mass is 10.2. The fraction of sp³-hybridized carbons (Fsp3) is 0.174. The second-order valence-electron chi connectivity index (χ2n) is 7.00. The van der Waals surface area contributed by atoms with Gasteiger partial charge in [-0.1, -0.05) is 24.3 Å². The monoisotopic (exact) mass is 453 g/mol. The third kappa shape index (κ3) is 4.33. The van der Waals surface area contributed by atoms with Crippen molar-refractivity contribution < 1.29 is 13.9 Å². The number of carbonyl (C=O) groups excluding carboxylic acids is 1. The fourth-order valence-electron chi connectivity index (χ4n) is 3.40. The van der Waals surface area contributed by atoms with Crippen LogP contribution in [0, 0.1) is 5.82 Å². The number of ether oxygens (including phenoxy) is 1. The molecule has 0 spiro atoms. The Bertz CT molecular complexity index is 1410. The van der Waals surface area contributed by atoms with Crippen molar-refractivity contribution in [2.75, 3.05) is 11.9 Å². The second-order valence-corrected chi connectivity index (χ2v) is 7.92. The lowest BCUT2D eigenvalue weighted by molar-refractivity contribution is -0.116. The van der Waals surface area contributed by atoms with Crippen LogP contribution in [-0.2, 0) is 17.9 Å². The molecule has 0 atom stereocenters. The van der Waals surface area contributed by atoms with Gasteiger partial charge in [0, 0.05) is 0 Å². The predicted molar refractivity (Wildman–Crippen MR) is 122 cm³/mol. The number of fused-ring (bicyclic) bond motifs is 1. The first-order chi connectivity index (χ1) is 15.5. The van der Waals surface area contributed by atoms with Crippen molar-refractivity contribution >= 4 is 33.1 Å². The first-order valence-electron chi connectivity index (χ1n) is 9.95. The highest BCUT2D eigenvalue weighted by Crippen LogP contribution is 2.18. The number of anilines is 1. The van der Waals surface area contributed by atoms with E-state index in [-0.39, 0.29) is 18.8 Å². The minimum absolute atomic E-state index is 0.0215. The van der Waals surface area contributed by atoms with E-state index in [0.29, 0.717) is 28.1 Å². The quantitative estimate of drug-likeness (QED) is 0.465. The van der Waals surface area contributed by atoms with Crippen LogP contribution in [0.25, 0.3) is 10.2 Å². The Balaban J connectivity index is 1.71. The molecule has 0 bridgehead atoms. The molecule has 0 radical (unpaired) electrons. The van der Waals surface area contributed by atoms with Crippen LogP contribution in [0.2, 0.25) is 0 Å². The summed E-state index contributed by atoms with van der Waals surface area (Å²) in [6, 6.07) is 14.5. The molecule has 0 aliphatic rings. The highest BCUT2D eigenvalue weighted by atomic mass is 32.1. The summed E-state index contributed by atoms with van der Waals surface area (Å²) in [6.07, 6.45) is 0. The van der Waals surface area contributed by atoms with Gasteiger partial charge in [0.05, 0.1) is 24.4 Å². The number of thiophene rings is 1. The molecule has 9 heteroatoms. The van der Waals surface area contributed by atoms with Gasteiger partial charge in [0.15, 0.2) is 0 Å². The van der Waals surface area contributed by atoms with Gasteiger partial charge in [-0.2, -0.15) is 0 Å². The van der Waals surface area contributed by atoms with Gasteiger partial charge in [0.2, 0.25) is 5.91 Å². The van der Waals surface area contributed by atoms with Crippen molar-refractivity contribution in [3.8, 4) is 5.75 Å². The molecule has 4 rings (SSSR count). The van der Waals surface area contributed by atoms with Gasteiger partial charge in [0.1, 0.15) is 22.8 Å². The number of nitrogens with zero attached hydrogens (tertiary/aromatic N) is 2. The average molecular weight is 453 g/mol. The minimum atomic E-state index is -0.619. The summed E-state index contributed by atoms with van der Waals surface area (Å²) in [5.74, 6) is -0.513. The lowest BCUT2D eigenvalue weighted by Crippen LogP contribution is -2.41. The van der Waals surface area contributed by atoms with Gasteiger partial charge in [0.25, 0.3) is 5.56 Å². The first kappa shape index (κ1) is 21.5. The molecule has 0 saturated heterocycles. The summed E-state index contributed by atoms with van der Waals surface area (Å²) in [5.41, 5.74) is 0.0635. The number of benzene rings is 2. The zero-order chi connectivity index (χ0) is 22.7. The van der Waals surface area contributed by atoms with Crippen LogP contribution in [0.4, 0.5) is 10.1 Å². The summed E-state index contributed by atoms with van der Waals surface area (Å²) in [6.45, 7) is 2.03. The number of amides is 1. The number of hydrogen-bond donors (Lipinski definition) is 1. The summed E-state index contributed by atoms with van der Waals surface area (Å²) >= 11 is 1.20. The van der Waals surface area contributed by atoms with Crippen LogP contribution in [0.1, 0.15) is 12.5 Å². The molecule has 2 aromatic carbocycles. The number of carbonyl (C=O) groups is 1. The summed E-state index contributed by atoms with van der Waals surface area (Å²) in [4.78, 5) is 38.8. The Morgan fingerprint density at radius 1 is 1.09 bits per heavy atom. The van der Waals surface area contributed by atoms with Crippen LogP contribution in [0.5, 0.6) is 5.75 Å². The number of nitrogens with one attached hydrogen (secondary N) is 1. The van der Waals surface area contributed by atoms with E-state index in [1.165, 1.54) is 34.1 Å². The van der Waals surface area contributed by atoms with Crippen LogP contribution >= 0.6 is 11.3 Å². The summed E-state index contributed by atoms with van der Waals surface area (Å²) < 4.78 is 22.1. The van der Waals surface area contributed by atoms with Gasteiger partial charge in [-0.3, -0.25) is 18.7 Å². The SMILES string of the molecule is CCOc1cccc(Cn2c(=O)c3sccc3n(CC(=O)Nc3ccccc3F)c2=O)c1. The zero-order valence-electron chi connectivity index (χ0n) is 17.2. The van der Waals surface area contributed by atoms with Crippen LogP contribution < -0.4 is 21.3 Å². The molecule has 2 heterocycles. The number of rotatable bonds is 7. The lowest BCUT2D eigenvalue weighted by Gasteiger charge is -2.13. The molecule has 0 aliphatic heterocycles. The molecule has 0 unspecified atom stereocenters. The third-order valence-corrected chi connectivity index (χ3v) is 5.73. The van der Waals surface area contributed by atoms with Crippen molar-refractivity contribution in [3.05, 3.63) is 92.2 Å². The Morgan fingerprint density at radius 2 is 1.91 bits per heavy atom. The number of halogens is 1. The van der Waals surface area contributed by atoms with E-state index in [1.807, 2.05) is 6.92 Å². The van der Waals surface area contributed by atoms with E-state index >= 15 is 0 Å². The summed E-state index contributed by atoms with van der Waals surface area (Å²) in [5, 5.41) is 4.17. The van der Waals surface area contributed by atoms with Crippen molar-refractivity contribution in [3.63, 3.8) is 0 Å². The van der Waals surface area contributed by atoms with Crippen LogP contribution in [-0.4, -0.2) is 21.6 Å². The molecular weight excluding hydrogens is 433 g/mol. The Hall–Kier alpha value is -3.72. The topological polar surface area (TPSA) is 82.3 Å². The number of aromatic nitrogens is 2. The standard InChI is InChI=1S/C23H20FN3O4S/c1-2-31-16-7-5-6-15(12-16)13-27-22(29)21-19(10-11-32-21)26(23(27)30)14-20(28)25-18-9-4-3-8-17(18)24/h3-12H,2,13-14H2,1H3,(H,25,28). The normalized spacial score (nSPS) is 10.9. The van der Waals surface area contributed by atoms with Gasteiger partial charge in [-0.05, 0) is 48.2 Å². The van der Waals surface area contributed by atoms with Gasteiger partial charge >= 0.3 is 5.69 Å². The minimum Gasteiger partial charge on any atom is -0.494 e. The first-order valence-corrected chi connectivity index (χ1v) is 10.8. The Kier molecular flexibility index (Phi) is 6.18. The Morgan fingerprint density at radius 3 is 2.69 bits per heavy atom. The van der Waals surface area contributed by atoms with E-state index in [0.717, 1.165) is 4.57 Å². The summed E-state index contributed by atoms with van der Waals surface area (Å²) in [7, 11) is 0. The Labute approximate surface area is 186 Å². The smallest absolute Gasteiger partial charge is 0.332 e. The molecule has 4 aromatic rings. The fourth-order valence-corrected chi connectivity index (χ4v) is 4.25. The van der Waals surface area contributed by atoms with Gasteiger partial charge in [-0.25, -0.2) is 9.18 Å². The molecular formula is C23H20FN3O4S. The molecule has 0 saturated carbocycles. The molecule has 32 heavy (non-hydrogen) atoms. The van der Waals surface area contributed by atoms with E-state index in [2.05, 4.69) is 5.32 Å². The molecule has 164 valence electrons. The molecule has 2 aromatic heterocycles. The molecule has 1 amide bonds. The number of para-hydroxylation sites is 1. The van der Waals surface area contributed by atoms with E-state index in [1.54, 1.807) is 41.8 Å². The van der Waals surface area contributed by atoms with Crippen LogP contribution in [0.3, 0.4) is 0 Å². The van der Waals surface area contributed by atoms with Crippen molar-refractivity contribution in [2.45, 2.75) is 20.0 Å². The molecule has 0 aliphatic carbocycles. The molecule has 0 fully saturated rings. The zero-order valence-corrected chi connectivity index (χ0v) is 18.0. The van der Waals surface area contributed by atoms with Crippen molar-refractivity contribution in [1.82, 2.24) is 9.13 Å². The highest BCUT2D eigenvalue weighted by molar-refractivity contribution is 7.17. The van der Waals surface area contributed by atoms with Gasteiger partial charge in [-0.15, -0.1) is 11.3 Å². The largest absolute Gasteiger partial charge is 0.494 e. The van der Waals surface area contributed by atoms with Crippen molar-refractivity contribution in [1.29, 1.82) is 0 Å². The maximum atomic E-state index is 13.9. The predicted octanol–water partition coefficient (Wildman–Crippen LogP) is 3.45. The van der Waals surface area contributed by atoms with Gasteiger partial charge < -0.3 is 10.1 Å². The third-order valence-electron chi connectivity index (χ3n) is 4.84. The molecule has 1 N–H and O–H groups in total. The number of hydrogen-bond acceptors (Lipinski definition) is 5. The highest BCUT2D eigenvalue weighted by Gasteiger charge is 2.17.